The zero-order chi connectivity index (χ0) is 23.1. The third kappa shape index (κ3) is 3.91. The van der Waals surface area contributed by atoms with Crippen molar-refractivity contribution >= 4 is 38.4 Å². The zero-order valence-electron chi connectivity index (χ0n) is 18.8. The number of hydrogen-bond donors (Lipinski definition) is 1. The molecule has 0 aromatic carbocycles. The number of anilines is 2. The number of carbonyl (C=O) groups excluding carboxylic acids is 1. The predicted octanol–water partition coefficient (Wildman–Crippen LogP) is 4.47. The highest BCUT2D eigenvalue weighted by Crippen LogP contribution is 2.38. The zero-order valence-corrected chi connectivity index (χ0v) is 19.6. The Morgan fingerprint density at radius 2 is 2.00 bits per heavy atom. The third-order valence-electron chi connectivity index (χ3n) is 6.59. The minimum Gasteiger partial charge on any atom is -0.373 e. The van der Waals surface area contributed by atoms with Crippen molar-refractivity contribution < 1.29 is 9.53 Å². The van der Waals surface area contributed by atoms with E-state index in [0.717, 1.165) is 66.2 Å². The summed E-state index contributed by atoms with van der Waals surface area (Å²) in [7, 11) is 0. The number of rotatable bonds is 4. The Labute approximate surface area is 201 Å². The Morgan fingerprint density at radius 3 is 2.79 bits per heavy atom. The largest absolute Gasteiger partial charge is 0.373 e. The maximum absolute atomic E-state index is 13.3. The minimum atomic E-state index is -0.218. The van der Waals surface area contributed by atoms with Gasteiger partial charge in [-0.15, -0.1) is 0 Å². The van der Waals surface area contributed by atoms with Gasteiger partial charge in [0.05, 0.1) is 28.2 Å². The van der Waals surface area contributed by atoms with E-state index in [9.17, 15) is 4.79 Å². The van der Waals surface area contributed by atoms with Crippen LogP contribution < -0.4 is 10.2 Å². The molecule has 4 aromatic heterocycles. The maximum atomic E-state index is 13.3. The molecule has 0 saturated carbocycles. The molecule has 0 bridgehead atoms. The molecular formula is C25H24N6O2S. The minimum absolute atomic E-state index is 0.0611. The molecule has 1 N–H and O–H groups in total. The normalized spacial score (nSPS) is 19.9. The topological polar surface area (TPSA) is 93.1 Å². The Morgan fingerprint density at radius 1 is 1.15 bits per heavy atom. The highest BCUT2D eigenvalue weighted by Gasteiger charge is 2.42. The standard InChI is InChI=1S/C25H24N6O2S/c1-16-11-20(31-9-2-5-25(15-31)6-10-33-25)19(14-27-16)23(32)30-24-29-22-21(34-24)12-18(13-28-22)17-3-7-26-8-4-17/h3-4,7-8,11-14H,2,5-6,9-10,15H2,1H3,(H,28,29,30,32)/t25-/m1/s1. The van der Waals surface area contributed by atoms with Gasteiger partial charge in [-0.3, -0.25) is 20.1 Å². The fraction of sp³-hybridized carbons (Fsp3) is 0.320. The van der Waals surface area contributed by atoms with Crippen LogP contribution in [0.5, 0.6) is 0 Å². The summed E-state index contributed by atoms with van der Waals surface area (Å²) in [6.07, 6.45) is 10.2. The number of fused-ring (bicyclic) bond motifs is 1. The van der Waals surface area contributed by atoms with Crippen LogP contribution in [0.4, 0.5) is 10.8 Å². The number of hydrogen-bond acceptors (Lipinski definition) is 8. The summed E-state index contributed by atoms with van der Waals surface area (Å²) in [6, 6.07) is 7.92. The van der Waals surface area contributed by atoms with E-state index in [1.807, 2.05) is 31.2 Å². The van der Waals surface area contributed by atoms with E-state index in [4.69, 9.17) is 4.74 Å². The number of aromatic nitrogens is 4. The van der Waals surface area contributed by atoms with Crippen molar-refractivity contribution in [3.05, 3.63) is 60.3 Å². The molecule has 6 heterocycles. The first-order valence-electron chi connectivity index (χ1n) is 11.4. The molecule has 1 amide bonds. The summed E-state index contributed by atoms with van der Waals surface area (Å²) in [5, 5.41) is 3.49. The summed E-state index contributed by atoms with van der Waals surface area (Å²) in [4.78, 5) is 33.1. The second-order valence-electron chi connectivity index (χ2n) is 8.90. The number of nitrogens with zero attached hydrogens (tertiary/aromatic N) is 5. The number of aryl methyl sites for hydroxylation is 1. The van der Waals surface area contributed by atoms with Crippen molar-refractivity contribution in [3.63, 3.8) is 0 Å². The smallest absolute Gasteiger partial charge is 0.261 e. The fourth-order valence-corrected chi connectivity index (χ4v) is 5.60. The van der Waals surface area contributed by atoms with Crippen LogP contribution in [0.15, 0.2) is 49.1 Å². The molecule has 2 aliphatic heterocycles. The first-order chi connectivity index (χ1) is 16.6. The lowest BCUT2D eigenvalue weighted by molar-refractivity contribution is -0.150. The molecule has 0 aliphatic carbocycles. The molecule has 0 radical (unpaired) electrons. The van der Waals surface area contributed by atoms with Crippen molar-refractivity contribution in [3.8, 4) is 11.1 Å². The third-order valence-corrected chi connectivity index (χ3v) is 7.50. The molecule has 2 fully saturated rings. The van der Waals surface area contributed by atoms with Gasteiger partial charge in [-0.1, -0.05) is 11.3 Å². The van der Waals surface area contributed by atoms with Crippen LogP contribution in [0.2, 0.25) is 0 Å². The van der Waals surface area contributed by atoms with E-state index in [2.05, 4.69) is 30.2 Å². The number of ether oxygens (including phenoxy) is 1. The van der Waals surface area contributed by atoms with Gasteiger partial charge in [0.25, 0.3) is 5.91 Å². The fourth-order valence-electron chi connectivity index (χ4n) is 4.74. The average Bonchev–Trinajstić information content (AvgIpc) is 3.25. The monoisotopic (exact) mass is 472 g/mol. The van der Waals surface area contributed by atoms with E-state index < -0.39 is 0 Å². The van der Waals surface area contributed by atoms with E-state index in [-0.39, 0.29) is 11.5 Å². The summed E-state index contributed by atoms with van der Waals surface area (Å²) in [5.74, 6) is -0.218. The lowest BCUT2D eigenvalue weighted by Gasteiger charge is -2.49. The number of thiazole rings is 1. The highest BCUT2D eigenvalue weighted by atomic mass is 32.1. The molecule has 1 spiro atoms. The van der Waals surface area contributed by atoms with Crippen molar-refractivity contribution in [1.29, 1.82) is 0 Å². The van der Waals surface area contributed by atoms with Gasteiger partial charge in [0, 0.05) is 55.6 Å². The SMILES string of the molecule is Cc1cc(N2CCC[C@@]3(CCO3)C2)c(C(=O)Nc2nc3ncc(-c4ccncc4)cc3s2)cn1. The van der Waals surface area contributed by atoms with Crippen molar-refractivity contribution in [2.45, 2.75) is 31.8 Å². The quantitative estimate of drug-likeness (QED) is 0.468. The van der Waals surface area contributed by atoms with Crippen LogP contribution in [-0.4, -0.2) is 51.1 Å². The number of pyridine rings is 3. The number of amides is 1. The summed E-state index contributed by atoms with van der Waals surface area (Å²) < 4.78 is 6.85. The molecule has 4 aromatic rings. The summed E-state index contributed by atoms with van der Waals surface area (Å²) in [6.45, 7) is 4.48. The van der Waals surface area contributed by atoms with Crippen LogP contribution in [0.1, 0.15) is 35.3 Å². The summed E-state index contributed by atoms with van der Waals surface area (Å²) in [5.41, 5.74) is 4.90. The molecule has 2 saturated heterocycles. The molecule has 34 heavy (non-hydrogen) atoms. The number of piperidine rings is 1. The Balaban J connectivity index is 1.26. The van der Waals surface area contributed by atoms with Crippen molar-refractivity contribution in [2.24, 2.45) is 0 Å². The van der Waals surface area contributed by atoms with Gasteiger partial charge in [0.15, 0.2) is 10.8 Å². The van der Waals surface area contributed by atoms with Crippen molar-refractivity contribution in [2.75, 3.05) is 29.9 Å². The average molecular weight is 473 g/mol. The van der Waals surface area contributed by atoms with Gasteiger partial charge in [0.1, 0.15) is 0 Å². The molecule has 1 atom stereocenters. The molecule has 2 aliphatic rings. The van der Waals surface area contributed by atoms with Crippen LogP contribution in [0.25, 0.3) is 21.5 Å². The van der Waals surface area contributed by atoms with Crippen LogP contribution in [0.3, 0.4) is 0 Å². The van der Waals surface area contributed by atoms with Crippen LogP contribution in [0, 0.1) is 6.92 Å². The van der Waals surface area contributed by atoms with Crippen molar-refractivity contribution in [1.82, 2.24) is 19.9 Å². The van der Waals surface area contributed by atoms with Gasteiger partial charge in [0.2, 0.25) is 0 Å². The Kier molecular flexibility index (Phi) is 5.23. The molecular weight excluding hydrogens is 448 g/mol. The number of carbonyl (C=O) groups is 1. The molecule has 6 rings (SSSR count). The Bertz CT molecular complexity index is 1370. The van der Waals surface area contributed by atoms with Gasteiger partial charge in [-0.2, -0.15) is 4.98 Å². The molecule has 172 valence electrons. The first kappa shape index (κ1) is 21.1. The lowest BCUT2D eigenvalue weighted by atomic mass is 9.85. The lowest BCUT2D eigenvalue weighted by Crippen LogP contribution is -2.56. The van der Waals surface area contributed by atoms with E-state index >= 15 is 0 Å². The summed E-state index contributed by atoms with van der Waals surface area (Å²) >= 11 is 1.41. The molecule has 0 unspecified atom stereocenters. The molecule has 9 heteroatoms. The predicted molar refractivity (Wildman–Crippen MR) is 132 cm³/mol. The van der Waals surface area contributed by atoms with Gasteiger partial charge in [-0.05, 0) is 49.6 Å². The first-order valence-corrected chi connectivity index (χ1v) is 12.2. The molecule has 8 nitrogen and oxygen atoms in total. The Hall–Kier alpha value is -3.43. The van der Waals surface area contributed by atoms with E-state index in [1.165, 1.54) is 11.3 Å². The van der Waals surface area contributed by atoms with Gasteiger partial charge >= 0.3 is 0 Å². The van der Waals surface area contributed by atoms with Gasteiger partial charge < -0.3 is 9.64 Å². The van der Waals surface area contributed by atoms with E-state index in [1.54, 1.807) is 24.8 Å². The number of nitrogens with one attached hydrogen (secondary N) is 1. The second-order valence-corrected chi connectivity index (χ2v) is 9.93. The van der Waals surface area contributed by atoms with Crippen LogP contribution >= 0.6 is 11.3 Å². The van der Waals surface area contributed by atoms with Crippen LogP contribution in [-0.2, 0) is 4.74 Å². The maximum Gasteiger partial charge on any atom is 0.261 e. The van der Waals surface area contributed by atoms with E-state index in [0.29, 0.717) is 16.3 Å². The highest BCUT2D eigenvalue weighted by molar-refractivity contribution is 7.22. The second kappa shape index (κ2) is 8.41. The van der Waals surface area contributed by atoms with Gasteiger partial charge in [-0.25, -0.2) is 4.98 Å².